The number of ether oxygens (including phenoxy) is 1. The number of hydrogen-bond acceptors (Lipinski definition) is 3. The predicted octanol–water partition coefficient (Wildman–Crippen LogP) is 4.34. The van der Waals surface area contributed by atoms with Crippen LogP contribution in [0.4, 0.5) is 5.69 Å². The molecule has 4 nitrogen and oxygen atoms in total. The van der Waals surface area contributed by atoms with Gasteiger partial charge in [-0.15, -0.1) is 0 Å². The molecule has 0 bridgehead atoms. The van der Waals surface area contributed by atoms with E-state index in [1.54, 1.807) is 12.1 Å². The lowest BCUT2D eigenvalue weighted by molar-refractivity contribution is 0.0570. The van der Waals surface area contributed by atoms with Crippen LogP contribution in [0.1, 0.15) is 42.6 Å². The second-order valence-electron chi connectivity index (χ2n) is 6.32. The summed E-state index contributed by atoms with van der Waals surface area (Å²) in [7, 11) is 0. The van der Waals surface area contributed by atoms with Gasteiger partial charge in [0.05, 0.1) is 17.8 Å². The minimum absolute atomic E-state index is 0.171. The van der Waals surface area contributed by atoms with Crippen LogP contribution < -0.4 is 9.64 Å². The Morgan fingerprint density at radius 1 is 1.12 bits per heavy atom. The van der Waals surface area contributed by atoms with E-state index in [-0.39, 0.29) is 5.60 Å². The fourth-order valence-electron chi connectivity index (χ4n) is 3.24. The van der Waals surface area contributed by atoms with Crippen LogP contribution >= 0.6 is 0 Å². The van der Waals surface area contributed by atoms with Gasteiger partial charge >= 0.3 is 5.97 Å². The lowest BCUT2D eigenvalue weighted by Crippen LogP contribution is -2.50. The van der Waals surface area contributed by atoms with Crippen molar-refractivity contribution in [3.8, 4) is 5.75 Å². The summed E-state index contributed by atoms with van der Waals surface area (Å²) < 4.78 is 6.32. The Bertz CT molecular complexity index is 720. The maximum Gasteiger partial charge on any atom is 0.335 e. The second-order valence-corrected chi connectivity index (χ2v) is 6.32. The highest BCUT2D eigenvalue weighted by Gasteiger charge is 2.36. The van der Waals surface area contributed by atoms with E-state index in [4.69, 9.17) is 9.84 Å². The number of fused-ring (bicyclic) bond motifs is 1. The van der Waals surface area contributed by atoms with Crippen LogP contribution in [0.5, 0.6) is 5.75 Å². The van der Waals surface area contributed by atoms with E-state index in [0.29, 0.717) is 5.56 Å². The maximum atomic E-state index is 11.0. The smallest absolute Gasteiger partial charge is 0.335 e. The standard InChI is InChI=1S/C20H23NO3/c1-3-20(4-2)14-21(17-7-5-6-8-18(17)24-20)13-15-9-11-16(12-10-15)19(22)23/h5-12H,3-4,13-14H2,1-2H3,(H,22,23). The fraction of sp³-hybridized carbons (Fsp3) is 0.350. The topological polar surface area (TPSA) is 49.8 Å². The lowest BCUT2D eigenvalue weighted by Gasteiger charge is -2.44. The zero-order chi connectivity index (χ0) is 17.2. The molecule has 0 aromatic heterocycles. The molecule has 0 unspecified atom stereocenters. The molecule has 1 heterocycles. The van der Waals surface area contributed by atoms with Gasteiger partial charge in [0, 0.05) is 6.54 Å². The van der Waals surface area contributed by atoms with Crippen molar-refractivity contribution in [2.24, 2.45) is 0 Å². The largest absolute Gasteiger partial charge is 0.483 e. The molecule has 0 saturated carbocycles. The molecule has 1 aliphatic heterocycles. The van der Waals surface area contributed by atoms with E-state index >= 15 is 0 Å². The first kappa shape index (κ1) is 16.4. The minimum Gasteiger partial charge on any atom is -0.483 e. The Morgan fingerprint density at radius 2 is 1.79 bits per heavy atom. The van der Waals surface area contributed by atoms with Crippen molar-refractivity contribution in [1.82, 2.24) is 0 Å². The highest BCUT2D eigenvalue weighted by molar-refractivity contribution is 5.87. The maximum absolute atomic E-state index is 11.0. The Labute approximate surface area is 142 Å². The molecule has 1 aliphatic rings. The van der Waals surface area contributed by atoms with Crippen LogP contribution in [0.25, 0.3) is 0 Å². The van der Waals surface area contributed by atoms with Gasteiger partial charge in [0.15, 0.2) is 0 Å². The van der Waals surface area contributed by atoms with Gasteiger partial charge in [-0.2, -0.15) is 0 Å². The van der Waals surface area contributed by atoms with E-state index in [1.165, 1.54) is 0 Å². The number of hydrogen-bond donors (Lipinski definition) is 1. The molecular weight excluding hydrogens is 302 g/mol. The highest BCUT2D eigenvalue weighted by atomic mass is 16.5. The number of anilines is 1. The van der Waals surface area contributed by atoms with E-state index in [1.807, 2.05) is 30.3 Å². The molecule has 0 aliphatic carbocycles. The zero-order valence-corrected chi connectivity index (χ0v) is 14.2. The molecule has 0 fully saturated rings. The van der Waals surface area contributed by atoms with Crippen LogP contribution in [0.15, 0.2) is 48.5 Å². The Kier molecular flexibility index (Phi) is 4.47. The molecule has 0 saturated heterocycles. The molecule has 2 aromatic carbocycles. The first-order chi connectivity index (χ1) is 11.6. The molecule has 126 valence electrons. The molecule has 0 radical (unpaired) electrons. The number of nitrogens with zero attached hydrogens (tertiary/aromatic N) is 1. The molecular formula is C20H23NO3. The third-order valence-corrected chi connectivity index (χ3v) is 4.87. The Balaban J connectivity index is 1.89. The number of rotatable bonds is 5. The SMILES string of the molecule is CCC1(CC)CN(Cc2ccc(C(=O)O)cc2)c2ccccc2O1. The minimum atomic E-state index is -0.894. The van der Waals surface area contributed by atoms with Crippen molar-refractivity contribution in [3.63, 3.8) is 0 Å². The molecule has 2 aromatic rings. The summed E-state index contributed by atoms with van der Waals surface area (Å²) in [6, 6.07) is 15.2. The number of carboxylic acid groups (broad SMARTS) is 1. The average molecular weight is 325 g/mol. The van der Waals surface area contributed by atoms with E-state index in [0.717, 1.165) is 42.9 Å². The van der Waals surface area contributed by atoms with Gasteiger partial charge < -0.3 is 14.7 Å². The molecule has 24 heavy (non-hydrogen) atoms. The van der Waals surface area contributed by atoms with Gasteiger partial charge in [-0.25, -0.2) is 4.79 Å². The summed E-state index contributed by atoms with van der Waals surface area (Å²) in [6.07, 6.45) is 1.90. The molecule has 4 heteroatoms. The van der Waals surface area contributed by atoms with Crippen molar-refractivity contribution in [2.45, 2.75) is 38.8 Å². The first-order valence-corrected chi connectivity index (χ1v) is 8.42. The molecule has 0 atom stereocenters. The van der Waals surface area contributed by atoms with Crippen molar-refractivity contribution in [3.05, 3.63) is 59.7 Å². The van der Waals surface area contributed by atoms with Crippen LogP contribution in [0.2, 0.25) is 0 Å². The summed E-state index contributed by atoms with van der Waals surface area (Å²) in [4.78, 5) is 13.3. The quantitative estimate of drug-likeness (QED) is 0.888. The second kappa shape index (κ2) is 6.56. The summed E-state index contributed by atoms with van der Waals surface area (Å²) in [6.45, 7) is 5.90. The fourth-order valence-corrected chi connectivity index (χ4v) is 3.24. The van der Waals surface area contributed by atoms with Gasteiger partial charge in [0.1, 0.15) is 11.4 Å². The summed E-state index contributed by atoms with van der Waals surface area (Å²) >= 11 is 0. The van der Waals surface area contributed by atoms with Gasteiger partial charge in [0.25, 0.3) is 0 Å². The predicted molar refractivity (Wildman–Crippen MR) is 94.8 cm³/mol. The summed E-state index contributed by atoms with van der Waals surface area (Å²) in [5, 5.41) is 9.03. The van der Waals surface area contributed by atoms with Gasteiger partial charge in [0.2, 0.25) is 0 Å². The number of benzene rings is 2. The molecule has 0 spiro atoms. The lowest BCUT2D eigenvalue weighted by atomic mass is 9.93. The molecule has 3 rings (SSSR count). The summed E-state index contributed by atoms with van der Waals surface area (Å²) in [5.41, 5.74) is 2.34. The number of para-hydroxylation sites is 2. The van der Waals surface area contributed by atoms with Crippen LogP contribution in [-0.4, -0.2) is 23.2 Å². The monoisotopic (exact) mass is 325 g/mol. The van der Waals surface area contributed by atoms with Gasteiger partial charge in [-0.1, -0.05) is 38.1 Å². The zero-order valence-electron chi connectivity index (χ0n) is 14.2. The Hall–Kier alpha value is -2.49. The van der Waals surface area contributed by atoms with Crippen molar-refractivity contribution in [2.75, 3.05) is 11.4 Å². The van der Waals surface area contributed by atoms with E-state index < -0.39 is 5.97 Å². The van der Waals surface area contributed by atoms with Crippen molar-refractivity contribution in [1.29, 1.82) is 0 Å². The normalized spacial score (nSPS) is 15.5. The Morgan fingerprint density at radius 3 is 2.42 bits per heavy atom. The molecule has 0 amide bonds. The van der Waals surface area contributed by atoms with Crippen molar-refractivity contribution < 1.29 is 14.6 Å². The first-order valence-electron chi connectivity index (χ1n) is 8.42. The van der Waals surface area contributed by atoms with Gasteiger partial charge in [-0.3, -0.25) is 0 Å². The summed E-state index contributed by atoms with van der Waals surface area (Å²) in [5.74, 6) is 0.0313. The van der Waals surface area contributed by atoms with E-state index in [2.05, 4.69) is 24.8 Å². The van der Waals surface area contributed by atoms with Crippen LogP contribution in [-0.2, 0) is 6.54 Å². The van der Waals surface area contributed by atoms with E-state index in [9.17, 15) is 4.79 Å². The van der Waals surface area contributed by atoms with Crippen LogP contribution in [0.3, 0.4) is 0 Å². The number of carbonyl (C=O) groups is 1. The molecule has 1 N–H and O–H groups in total. The third-order valence-electron chi connectivity index (χ3n) is 4.87. The van der Waals surface area contributed by atoms with Crippen LogP contribution in [0, 0.1) is 0 Å². The number of aromatic carboxylic acids is 1. The van der Waals surface area contributed by atoms with Gasteiger partial charge in [-0.05, 0) is 42.7 Å². The average Bonchev–Trinajstić information content (AvgIpc) is 2.62. The number of carboxylic acids is 1. The highest BCUT2D eigenvalue weighted by Crippen LogP contribution is 2.40. The third kappa shape index (κ3) is 3.09. The van der Waals surface area contributed by atoms with Crippen molar-refractivity contribution >= 4 is 11.7 Å².